The zero-order valence-electron chi connectivity index (χ0n) is 14.7. The molecule has 3 heteroatoms. The lowest BCUT2D eigenvalue weighted by Crippen LogP contribution is -2.25. The van der Waals surface area contributed by atoms with Crippen molar-refractivity contribution in [2.75, 3.05) is 6.61 Å². The summed E-state index contributed by atoms with van der Waals surface area (Å²) < 4.78 is 30.0. The molecule has 2 aliphatic rings. The van der Waals surface area contributed by atoms with E-state index in [1.807, 2.05) is 0 Å². The fraction of sp³-hybridized carbons (Fsp3) is 0.900. The minimum Gasteiger partial charge on any atom is -0.374 e. The van der Waals surface area contributed by atoms with Gasteiger partial charge >= 0.3 is 0 Å². The zero-order chi connectivity index (χ0) is 16.5. The van der Waals surface area contributed by atoms with E-state index in [1.54, 1.807) is 0 Å². The molecule has 1 saturated heterocycles. The van der Waals surface area contributed by atoms with Gasteiger partial charge in [-0.25, -0.2) is 0 Å². The van der Waals surface area contributed by atoms with E-state index >= 15 is 0 Å². The first-order valence-electron chi connectivity index (χ1n) is 9.81. The van der Waals surface area contributed by atoms with Gasteiger partial charge in [0.2, 0.25) is 0 Å². The number of hydrogen-bond donors (Lipinski definition) is 0. The summed E-state index contributed by atoms with van der Waals surface area (Å²) >= 11 is 0. The Bertz CT molecular complexity index is 336. The molecule has 1 heterocycles. The van der Waals surface area contributed by atoms with Crippen LogP contribution in [-0.4, -0.2) is 12.7 Å². The largest absolute Gasteiger partial charge is 0.374 e. The summed E-state index contributed by atoms with van der Waals surface area (Å²) in [6.07, 6.45) is 14.6. The van der Waals surface area contributed by atoms with Crippen LogP contribution in [0.4, 0.5) is 8.78 Å². The van der Waals surface area contributed by atoms with Crippen molar-refractivity contribution in [3.05, 3.63) is 12.2 Å². The quantitative estimate of drug-likeness (QED) is 0.449. The molecule has 0 aromatic heterocycles. The van der Waals surface area contributed by atoms with Crippen LogP contribution >= 0.6 is 0 Å². The topological polar surface area (TPSA) is 9.23 Å². The first-order chi connectivity index (χ1) is 11.2. The molecular weight excluding hydrogens is 294 g/mol. The Morgan fingerprint density at radius 2 is 1.48 bits per heavy atom. The average molecular weight is 328 g/mol. The first kappa shape index (κ1) is 18.9. The Morgan fingerprint density at radius 1 is 0.870 bits per heavy atom. The van der Waals surface area contributed by atoms with Gasteiger partial charge in [-0.15, -0.1) is 0 Å². The van der Waals surface area contributed by atoms with E-state index in [0.717, 1.165) is 30.8 Å². The van der Waals surface area contributed by atoms with Crippen molar-refractivity contribution in [2.24, 2.45) is 17.8 Å². The van der Waals surface area contributed by atoms with Crippen LogP contribution in [0.5, 0.6) is 0 Å². The fourth-order valence-electron chi connectivity index (χ4n) is 4.29. The Morgan fingerprint density at radius 3 is 2.04 bits per heavy atom. The van der Waals surface area contributed by atoms with Gasteiger partial charge in [-0.1, -0.05) is 64.7 Å². The maximum absolute atomic E-state index is 12.2. The Kier molecular flexibility index (Phi) is 8.57. The van der Waals surface area contributed by atoms with Gasteiger partial charge in [0.25, 0.3) is 6.08 Å². The predicted molar refractivity (Wildman–Crippen MR) is 91.6 cm³/mol. The number of halogens is 2. The van der Waals surface area contributed by atoms with E-state index in [2.05, 4.69) is 6.92 Å². The Hall–Kier alpha value is -0.440. The van der Waals surface area contributed by atoms with Crippen molar-refractivity contribution in [1.29, 1.82) is 0 Å². The van der Waals surface area contributed by atoms with Gasteiger partial charge in [0.05, 0.1) is 12.7 Å². The summed E-state index contributed by atoms with van der Waals surface area (Å²) in [4.78, 5) is 0. The highest BCUT2D eigenvalue weighted by Gasteiger charge is 2.24. The second-order valence-electron chi connectivity index (χ2n) is 7.73. The molecule has 1 aliphatic heterocycles. The normalized spacial score (nSPS) is 31.8. The van der Waals surface area contributed by atoms with Gasteiger partial charge in [0.15, 0.2) is 0 Å². The van der Waals surface area contributed by atoms with E-state index in [4.69, 9.17) is 4.74 Å². The van der Waals surface area contributed by atoms with Crippen molar-refractivity contribution in [2.45, 2.75) is 90.1 Å². The van der Waals surface area contributed by atoms with Crippen molar-refractivity contribution in [1.82, 2.24) is 0 Å². The van der Waals surface area contributed by atoms with Gasteiger partial charge in [-0.3, -0.25) is 0 Å². The fourth-order valence-corrected chi connectivity index (χ4v) is 4.29. The number of hydrogen-bond acceptors (Lipinski definition) is 1. The summed E-state index contributed by atoms with van der Waals surface area (Å²) in [5, 5.41) is 0. The van der Waals surface area contributed by atoms with Crippen molar-refractivity contribution < 1.29 is 13.5 Å². The molecule has 1 saturated carbocycles. The lowest BCUT2D eigenvalue weighted by Gasteiger charge is -2.31. The molecule has 2 rings (SSSR count). The summed E-state index contributed by atoms with van der Waals surface area (Å²) in [5.74, 6) is 2.47. The number of unbranched alkanes of at least 4 members (excludes halogenated alkanes) is 2. The van der Waals surface area contributed by atoms with Crippen LogP contribution in [-0.2, 0) is 4.74 Å². The Labute approximate surface area is 140 Å². The lowest BCUT2D eigenvalue weighted by atomic mass is 9.77. The molecule has 134 valence electrons. The first-order valence-corrected chi connectivity index (χ1v) is 9.81. The van der Waals surface area contributed by atoms with Crippen LogP contribution in [0, 0.1) is 17.8 Å². The van der Waals surface area contributed by atoms with Gasteiger partial charge in [-0.05, 0) is 37.0 Å². The van der Waals surface area contributed by atoms with E-state index in [1.165, 1.54) is 64.2 Å². The van der Waals surface area contributed by atoms with Crippen LogP contribution in [0.15, 0.2) is 12.2 Å². The lowest BCUT2D eigenvalue weighted by molar-refractivity contribution is 0.00429. The average Bonchev–Trinajstić information content (AvgIpc) is 2.55. The zero-order valence-corrected chi connectivity index (χ0v) is 14.7. The summed E-state index contributed by atoms with van der Waals surface area (Å²) in [6, 6.07) is 0. The Balaban J connectivity index is 1.55. The monoisotopic (exact) mass is 328 g/mol. The van der Waals surface area contributed by atoms with E-state index in [9.17, 15) is 8.78 Å². The third-order valence-corrected chi connectivity index (χ3v) is 5.88. The van der Waals surface area contributed by atoms with Gasteiger partial charge < -0.3 is 4.74 Å². The van der Waals surface area contributed by atoms with Crippen LogP contribution in [0.2, 0.25) is 0 Å². The summed E-state index contributed by atoms with van der Waals surface area (Å²) in [5.41, 5.74) is 0. The predicted octanol–water partition coefficient (Wildman–Crippen LogP) is 6.73. The molecule has 2 fully saturated rings. The molecule has 0 aromatic carbocycles. The highest BCUT2D eigenvalue weighted by atomic mass is 19.3. The van der Waals surface area contributed by atoms with Crippen molar-refractivity contribution in [3.8, 4) is 0 Å². The number of ether oxygens (including phenoxy) is 1. The van der Waals surface area contributed by atoms with Crippen molar-refractivity contribution >= 4 is 0 Å². The highest BCUT2D eigenvalue weighted by Crippen LogP contribution is 2.36. The van der Waals surface area contributed by atoms with E-state index in [0.29, 0.717) is 12.5 Å². The van der Waals surface area contributed by atoms with Crippen LogP contribution in [0.25, 0.3) is 0 Å². The second-order valence-corrected chi connectivity index (χ2v) is 7.73. The molecule has 0 radical (unpaired) electrons. The molecule has 2 atom stereocenters. The van der Waals surface area contributed by atoms with E-state index in [-0.39, 0.29) is 6.10 Å². The van der Waals surface area contributed by atoms with Gasteiger partial charge in [0.1, 0.15) is 0 Å². The van der Waals surface area contributed by atoms with E-state index < -0.39 is 6.08 Å². The molecule has 0 bridgehead atoms. The molecule has 0 N–H and O–H groups in total. The standard InChI is InChI=1S/C20H34F2O/c1-2-3-4-5-16-6-8-17(9-7-16)10-11-18-12-13-19(23-15-18)14-20(21)22/h14,16-19H,2-13,15H2,1H3. The molecule has 1 nitrogen and oxygen atoms in total. The summed E-state index contributed by atoms with van der Waals surface area (Å²) in [7, 11) is 0. The van der Waals surface area contributed by atoms with Gasteiger partial charge in [-0.2, -0.15) is 8.78 Å². The molecule has 0 spiro atoms. The summed E-state index contributed by atoms with van der Waals surface area (Å²) in [6.45, 7) is 2.94. The van der Waals surface area contributed by atoms with Crippen LogP contribution in [0.3, 0.4) is 0 Å². The maximum atomic E-state index is 12.2. The maximum Gasteiger partial charge on any atom is 0.268 e. The van der Waals surface area contributed by atoms with Crippen LogP contribution < -0.4 is 0 Å². The van der Waals surface area contributed by atoms with Crippen LogP contribution in [0.1, 0.15) is 84.0 Å². The highest BCUT2D eigenvalue weighted by molar-refractivity contribution is 4.91. The number of rotatable bonds is 8. The minimum atomic E-state index is -1.61. The van der Waals surface area contributed by atoms with Gasteiger partial charge in [0, 0.05) is 6.08 Å². The molecule has 23 heavy (non-hydrogen) atoms. The molecular formula is C20H34F2O. The molecule has 0 amide bonds. The third-order valence-electron chi connectivity index (χ3n) is 5.88. The molecule has 1 aliphatic carbocycles. The van der Waals surface area contributed by atoms with Crippen molar-refractivity contribution in [3.63, 3.8) is 0 Å². The minimum absolute atomic E-state index is 0.352. The smallest absolute Gasteiger partial charge is 0.268 e. The SMILES string of the molecule is CCCCCC1CCC(CCC2CCC(C=C(F)F)OC2)CC1. The molecule has 0 aromatic rings. The second kappa shape index (κ2) is 10.4. The molecule has 2 unspecified atom stereocenters. The third kappa shape index (κ3) is 7.32.